The lowest BCUT2D eigenvalue weighted by molar-refractivity contribution is -0.385. The molecule has 10 heteroatoms. The van der Waals surface area contributed by atoms with Gasteiger partial charge in [0.25, 0.3) is 5.69 Å². The van der Waals surface area contributed by atoms with Crippen LogP contribution in [0.15, 0.2) is 12.3 Å². The van der Waals surface area contributed by atoms with Crippen LogP contribution in [0.4, 0.5) is 5.69 Å². The lowest BCUT2D eigenvalue weighted by Gasteiger charge is -2.26. The van der Waals surface area contributed by atoms with Crippen LogP contribution in [0.3, 0.4) is 0 Å². The summed E-state index contributed by atoms with van der Waals surface area (Å²) in [5.74, 6) is 0.302. The van der Waals surface area contributed by atoms with E-state index in [1.54, 1.807) is 6.07 Å². The smallest absolute Gasteiger partial charge is 0.289 e. The minimum Gasteiger partial charge on any atom is -0.475 e. The van der Waals surface area contributed by atoms with E-state index in [9.17, 15) is 18.5 Å². The van der Waals surface area contributed by atoms with Gasteiger partial charge in [0.15, 0.2) is 9.84 Å². The van der Waals surface area contributed by atoms with Crippen LogP contribution in [0.1, 0.15) is 5.56 Å². The first-order chi connectivity index (χ1) is 10.4. The SMILES string of the molecule is N#Cc1cc([N+](=O)[O-])cnc1OCCN1CCS(=O)(=O)CC1. The fraction of sp³-hybridized carbons (Fsp3) is 0.500. The van der Waals surface area contributed by atoms with Crippen molar-refractivity contribution < 1.29 is 18.1 Å². The van der Waals surface area contributed by atoms with Gasteiger partial charge < -0.3 is 4.74 Å². The number of ether oxygens (including phenoxy) is 1. The Morgan fingerprint density at radius 1 is 1.45 bits per heavy atom. The summed E-state index contributed by atoms with van der Waals surface area (Å²) in [4.78, 5) is 15.7. The second-order valence-corrected chi connectivity index (χ2v) is 7.06. The molecule has 118 valence electrons. The molecule has 1 saturated heterocycles. The van der Waals surface area contributed by atoms with Gasteiger partial charge in [-0.15, -0.1) is 0 Å². The van der Waals surface area contributed by atoms with Gasteiger partial charge in [-0.1, -0.05) is 0 Å². The van der Waals surface area contributed by atoms with Crippen LogP contribution >= 0.6 is 0 Å². The second kappa shape index (κ2) is 6.67. The maximum Gasteiger partial charge on any atom is 0.289 e. The quantitative estimate of drug-likeness (QED) is 0.545. The number of nitro groups is 1. The molecule has 2 heterocycles. The molecular weight excluding hydrogens is 312 g/mol. The highest BCUT2D eigenvalue weighted by Gasteiger charge is 2.21. The number of aromatic nitrogens is 1. The molecule has 1 aromatic heterocycles. The Kier molecular flexibility index (Phi) is 4.89. The summed E-state index contributed by atoms with van der Waals surface area (Å²) in [5.41, 5.74) is -0.277. The van der Waals surface area contributed by atoms with Crippen LogP contribution in [0.2, 0.25) is 0 Å². The van der Waals surface area contributed by atoms with Gasteiger partial charge in [0.05, 0.1) is 16.4 Å². The van der Waals surface area contributed by atoms with Crippen LogP contribution in [-0.4, -0.2) is 61.0 Å². The van der Waals surface area contributed by atoms with Crippen molar-refractivity contribution in [3.05, 3.63) is 27.9 Å². The van der Waals surface area contributed by atoms with Crippen molar-refractivity contribution in [3.8, 4) is 11.9 Å². The summed E-state index contributed by atoms with van der Waals surface area (Å²) in [6.07, 6.45) is 1.03. The predicted molar refractivity (Wildman–Crippen MR) is 76.2 cm³/mol. The number of nitriles is 1. The van der Waals surface area contributed by atoms with Crippen LogP contribution in [0, 0.1) is 21.4 Å². The van der Waals surface area contributed by atoms with Crippen molar-refractivity contribution >= 4 is 15.5 Å². The zero-order chi connectivity index (χ0) is 16.2. The first kappa shape index (κ1) is 16.1. The summed E-state index contributed by atoms with van der Waals surface area (Å²) in [6.45, 7) is 1.62. The summed E-state index contributed by atoms with van der Waals surface area (Å²) >= 11 is 0. The number of rotatable bonds is 5. The highest BCUT2D eigenvalue weighted by atomic mass is 32.2. The largest absolute Gasteiger partial charge is 0.475 e. The molecule has 0 bridgehead atoms. The topological polar surface area (TPSA) is 126 Å². The lowest BCUT2D eigenvalue weighted by Crippen LogP contribution is -2.42. The van der Waals surface area contributed by atoms with Gasteiger partial charge in [0, 0.05) is 25.7 Å². The van der Waals surface area contributed by atoms with Gasteiger partial charge in [-0.3, -0.25) is 15.0 Å². The molecule has 1 fully saturated rings. The van der Waals surface area contributed by atoms with Crippen LogP contribution in [0.5, 0.6) is 5.88 Å². The fourth-order valence-electron chi connectivity index (χ4n) is 1.98. The molecule has 0 atom stereocenters. The van der Waals surface area contributed by atoms with Crippen molar-refractivity contribution in [1.29, 1.82) is 5.26 Å². The van der Waals surface area contributed by atoms with Crippen molar-refractivity contribution in [1.82, 2.24) is 9.88 Å². The van der Waals surface area contributed by atoms with Crippen LogP contribution in [-0.2, 0) is 9.84 Å². The first-order valence-corrected chi connectivity index (χ1v) is 8.33. The standard InChI is InChI=1S/C12H14N4O5S/c13-8-10-7-11(16(17)18)9-14-12(10)21-4-1-15-2-5-22(19,20)6-3-15/h7,9H,1-6H2. The average molecular weight is 326 g/mol. The number of hydrogen-bond acceptors (Lipinski definition) is 8. The molecule has 2 rings (SSSR count). The molecule has 22 heavy (non-hydrogen) atoms. The molecule has 1 aromatic rings. The van der Waals surface area contributed by atoms with Crippen molar-refractivity contribution in [2.24, 2.45) is 0 Å². The molecule has 0 unspecified atom stereocenters. The van der Waals surface area contributed by atoms with E-state index >= 15 is 0 Å². The molecule has 0 radical (unpaired) electrons. The summed E-state index contributed by atoms with van der Waals surface area (Å²) in [6, 6.07) is 2.91. The van der Waals surface area contributed by atoms with Crippen LogP contribution < -0.4 is 4.74 Å². The monoisotopic (exact) mass is 326 g/mol. The minimum atomic E-state index is -2.92. The predicted octanol–water partition coefficient (Wildman–Crippen LogP) is -0.0293. The summed E-state index contributed by atoms with van der Waals surface area (Å²) < 4.78 is 28.0. The Morgan fingerprint density at radius 2 is 2.14 bits per heavy atom. The third-order valence-corrected chi connectivity index (χ3v) is 4.86. The van der Waals surface area contributed by atoms with E-state index in [1.165, 1.54) is 0 Å². The molecule has 0 spiro atoms. The molecule has 0 aromatic carbocycles. The molecule has 9 nitrogen and oxygen atoms in total. The van der Waals surface area contributed by atoms with Gasteiger partial charge >= 0.3 is 0 Å². The first-order valence-electron chi connectivity index (χ1n) is 6.51. The third kappa shape index (κ3) is 4.12. The average Bonchev–Trinajstić information content (AvgIpc) is 2.49. The molecular formula is C12H14N4O5S. The maximum atomic E-state index is 11.3. The molecule has 1 aliphatic rings. The summed E-state index contributed by atoms with van der Waals surface area (Å²) in [5, 5.41) is 19.6. The van der Waals surface area contributed by atoms with Crippen molar-refractivity contribution in [3.63, 3.8) is 0 Å². The van der Waals surface area contributed by atoms with E-state index in [0.29, 0.717) is 19.6 Å². The third-order valence-electron chi connectivity index (χ3n) is 3.25. The van der Waals surface area contributed by atoms with E-state index in [2.05, 4.69) is 4.98 Å². The van der Waals surface area contributed by atoms with Gasteiger partial charge in [0.1, 0.15) is 24.4 Å². The molecule has 0 aliphatic carbocycles. The Balaban J connectivity index is 1.90. The van der Waals surface area contributed by atoms with E-state index in [4.69, 9.17) is 10.00 Å². The van der Waals surface area contributed by atoms with Gasteiger partial charge in [-0.25, -0.2) is 13.4 Å². The molecule has 0 N–H and O–H groups in total. The van der Waals surface area contributed by atoms with Crippen molar-refractivity contribution in [2.75, 3.05) is 37.7 Å². The normalized spacial score (nSPS) is 17.6. The molecule has 0 saturated carbocycles. The Hall–Kier alpha value is -2.25. The Bertz CT molecular complexity index is 699. The number of nitrogens with zero attached hydrogens (tertiary/aromatic N) is 4. The molecule has 0 amide bonds. The van der Waals surface area contributed by atoms with Crippen LogP contribution in [0.25, 0.3) is 0 Å². The lowest BCUT2D eigenvalue weighted by atomic mass is 10.3. The maximum absolute atomic E-state index is 11.3. The van der Waals surface area contributed by atoms with Gasteiger partial charge in [-0.2, -0.15) is 5.26 Å². The number of pyridine rings is 1. The highest BCUT2D eigenvalue weighted by Crippen LogP contribution is 2.20. The van der Waals surface area contributed by atoms with Crippen molar-refractivity contribution in [2.45, 2.75) is 0 Å². The summed E-state index contributed by atoms with van der Waals surface area (Å²) in [7, 11) is -2.92. The Labute approximate surface area is 127 Å². The zero-order valence-corrected chi connectivity index (χ0v) is 12.5. The number of sulfone groups is 1. The minimum absolute atomic E-state index is 0.00424. The van der Waals surface area contributed by atoms with E-state index < -0.39 is 14.8 Å². The van der Waals surface area contributed by atoms with Gasteiger partial charge in [-0.05, 0) is 0 Å². The zero-order valence-electron chi connectivity index (χ0n) is 11.6. The Morgan fingerprint density at radius 3 is 2.73 bits per heavy atom. The van der Waals surface area contributed by atoms with E-state index in [1.807, 2.05) is 4.90 Å². The number of hydrogen-bond donors (Lipinski definition) is 0. The second-order valence-electron chi connectivity index (χ2n) is 4.76. The fourth-order valence-corrected chi connectivity index (χ4v) is 3.26. The van der Waals surface area contributed by atoms with Gasteiger partial charge in [0.2, 0.25) is 5.88 Å². The highest BCUT2D eigenvalue weighted by molar-refractivity contribution is 7.91. The van der Waals surface area contributed by atoms with E-state index in [0.717, 1.165) is 12.3 Å². The van der Waals surface area contributed by atoms with E-state index in [-0.39, 0.29) is 35.2 Å². The molecule has 1 aliphatic heterocycles.